The number of benzene rings is 2. The smallest absolute Gasteiger partial charge is 0.218 e. The lowest BCUT2D eigenvalue weighted by Crippen LogP contribution is -2.46. The molecule has 10 heteroatoms. The summed E-state index contributed by atoms with van der Waals surface area (Å²) >= 11 is 7.12. The molecule has 0 bridgehead atoms. The van der Waals surface area contributed by atoms with Crippen LogP contribution in [0.15, 0.2) is 66.9 Å². The van der Waals surface area contributed by atoms with E-state index in [0.717, 1.165) is 45.4 Å². The lowest BCUT2D eigenvalue weighted by molar-refractivity contribution is -0.0606. The zero-order valence-corrected chi connectivity index (χ0v) is 26.0. The molecule has 226 valence electrons. The van der Waals surface area contributed by atoms with Gasteiger partial charge in [0.2, 0.25) is 5.88 Å². The van der Waals surface area contributed by atoms with Crippen LogP contribution in [0.2, 0.25) is 5.02 Å². The second-order valence-electron chi connectivity index (χ2n) is 11.0. The van der Waals surface area contributed by atoms with Crippen LogP contribution < -0.4 is 10.1 Å². The van der Waals surface area contributed by atoms with E-state index in [-0.39, 0.29) is 6.04 Å². The monoisotopic (exact) mass is 610 g/mol. The molecule has 1 aliphatic rings. The van der Waals surface area contributed by atoms with Crippen LogP contribution in [0.4, 0.5) is 11.5 Å². The molecule has 5 aromatic rings. The lowest BCUT2D eigenvalue weighted by atomic mass is 9.96. The highest BCUT2D eigenvalue weighted by atomic mass is 35.5. The van der Waals surface area contributed by atoms with Crippen molar-refractivity contribution in [3.63, 3.8) is 0 Å². The second kappa shape index (κ2) is 12.8. The standard InChI is InChI=1S/C34H35ClN6O3/c1-20-23(8-6-11-26(20)39-33-32-28(12-7-16-36-32)37-21(2)38-33)24-9-5-10-25(31(24)35)27-14-13-22(34(40-27)43-4)18-41(3)29-15-17-44-19-30(29)42/h5-14,16,29-30,42H,15,17-19H2,1-4H3,(H,37,38,39)/t29-,30+/m1/s1. The van der Waals surface area contributed by atoms with E-state index in [1.54, 1.807) is 13.3 Å². The molecule has 1 saturated heterocycles. The van der Waals surface area contributed by atoms with Crippen LogP contribution in [0.3, 0.4) is 0 Å². The van der Waals surface area contributed by atoms with Crippen LogP contribution in [-0.4, -0.2) is 69.5 Å². The van der Waals surface area contributed by atoms with Crippen molar-refractivity contribution in [1.29, 1.82) is 0 Å². The molecule has 4 heterocycles. The van der Waals surface area contributed by atoms with E-state index in [1.807, 2.05) is 68.6 Å². The summed E-state index contributed by atoms with van der Waals surface area (Å²) in [4.78, 5) is 20.6. The molecule has 0 amide bonds. The van der Waals surface area contributed by atoms with Gasteiger partial charge in [-0.15, -0.1) is 0 Å². The second-order valence-corrected chi connectivity index (χ2v) is 11.4. The molecule has 2 atom stereocenters. The Kier molecular flexibility index (Phi) is 8.72. The number of halogens is 1. The number of rotatable bonds is 8. The Hall–Kier alpha value is -4.15. The van der Waals surface area contributed by atoms with Crippen LogP contribution in [0.1, 0.15) is 23.4 Å². The topological polar surface area (TPSA) is 106 Å². The van der Waals surface area contributed by atoms with Gasteiger partial charge >= 0.3 is 0 Å². The first-order chi connectivity index (χ1) is 21.3. The van der Waals surface area contributed by atoms with Gasteiger partial charge in [-0.05, 0) is 62.7 Å². The number of hydrogen-bond donors (Lipinski definition) is 2. The Bertz CT molecular complexity index is 1820. The quantitative estimate of drug-likeness (QED) is 0.208. The van der Waals surface area contributed by atoms with Crippen molar-refractivity contribution in [1.82, 2.24) is 24.8 Å². The highest BCUT2D eigenvalue weighted by Crippen LogP contribution is 2.40. The van der Waals surface area contributed by atoms with Crippen LogP contribution in [0, 0.1) is 13.8 Å². The van der Waals surface area contributed by atoms with E-state index in [4.69, 9.17) is 26.1 Å². The first kappa shape index (κ1) is 29.9. The van der Waals surface area contributed by atoms with Crippen molar-refractivity contribution in [2.24, 2.45) is 0 Å². The molecule has 6 rings (SSSR count). The van der Waals surface area contributed by atoms with E-state index in [1.165, 1.54) is 0 Å². The van der Waals surface area contributed by atoms with Gasteiger partial charge in [-0.2, -0.15) is 0 Å². The number of methoxy groups -OCH3 is 1. The van der Waals surface area contributed by atoms with Crippen molar-refractivity contribution in [3.05, 3.63) is 88.8 Å². The Morgan fingerprint density at radius 2 is 1.80 bits per heavy atom. The van der Waals surface area contributed by atoms with Crippen LogP contribution in [-0.2, 0) is 11.3 Å². The van der Waals surface area contributed by atoms with Gasteiger partial charge in [-0.25, -0.2) is 15.0 Å². The van der Waals surface area contributed by atoms with Crippen LogP contribution in [0.5, 0.6) is 5.88 Å². The summed E-state index contributed by atoms with van der Waals surface area (Å²) in [5.41, 5.74) is 7.75. The fourth-order valence-corrected chi connectivity index (χ4v) is 6.15. The maximum atomic E-state index is 10.4. The number of aromatic nitrogens is 4. The van der Waals surface area contributed by atoms with Gasteiger partial charge in [0.1, 0.15) is 11.3 Å². The number of nitrogens with one attached hydrogen (secondary N) is 1. The van der Waals surface area contributed by atoms with Crippen LogP contribution in [0.25, 0.3) is 33.4 Å². The van der Waals surface area contributed by atoms with Gasteiger partial charge < -0.3 is 19.9 Å². The summed E-state index contributed by atoms with van der Waals surface area (Å²) in [7, 11) is 3.62. The number of anilines is 2. The average molecular weight is 611 g/mol. The van der Waals surface area contributed by atoms with Crippen molar-refractivity contribution >= 4 is 34.1 Å². The van der Waals surface area contributed by atoms with Gasteiger partial charge in [0.05, 0.1) is 36.1 Å². The molecule has 1 fully saturated rings. The summed E-state index contributed by atoms with van der Waals surface area (Å²) < 4.78 is 11.1. The molecule has 44 heavy (non-hydrogen) atoms. The fourth-order valence-electron chi connectivity index (χ4n) is 5.83. The highest BCUT2D eigenvalue weighted by Gasteiger charge is 2.28. The number of aryl methyl sites for hydroxylation is 1. The van der Waals surface area contributed by atoms with E-state index in [2.05, 4.69) is 38.2 Å². The van der Waals surface area contributed by atoms with Crippen molar-refractivity contribution in [2.45, 2.75) is 39.0 Å². The number of ether oxygens (including phenoxy) is 2. The van der Waals surface area contributed by atoms with E-state index < -0.39 is 6.10 Å². The number of likely N-dealkylation sites (N-methyl/N-ethyl adjacent to an activating group) is 1. The van der Waals surface area contributed by atoms with Gasteiger partial charge in [0.15, 0.2) is 5.82 Å². The largest absolute Gasteiger partial charge is 0.481 e. The van der Waals surface area contributed by atoms with Gasteiger partial charge in [-0.1, -0.05) is 48.0 Å². The first-order valence-corrected chi connectivity index (χ1v) is 15.0. The molecule has 0 spiro atoms. The van der Waals surface area contributed by atoms with Crippen molar-refractivity contribution < 1.29 is 14.6 Å². The molecule has 0 aliphatic carbocycles. The molecule has 9 nitrogen and oxygen atoms in total. The number of aliphatic hydroxyl groups excluding tert-OH is 1. The summed E-state index contributed by atoms with van der Waals surface area (Å²) in [5.74, 6) is 1.85. The number of nitrogens with zero attached hydrogens (tertiary/aromatic N) is 5. The SMILES string of the molecule is COc1nc(-c2cccc(-c3cccc(Nc4nc(C)nc5cccnc45)c3C)c2Cl)ccc1CN(C)[C@@H]1CCOC[C@@H]1O. The predicted molar refractivity (Wildman–Crippen MR) is 173 cm³/mol. The van der Waals surface area contributed by atoms with Gasteiger partial charge in [0.25, 0.3) is 0 Å². The Balaban J connectivity index is 1.30. The maximum absolute atomic E-state index is 10.4. The fraction of sp³-hybridized carbons (Fsp3) is 0.294. The minimum Gasteiger partial charge on any atom is -0.481 e. The summed E-state index contributed by atoms with van der Waals surface area (Å²) in [6.45, 7) is 5.51. The van der Waals surface area contributed by atoms with Crippen molar-refractivity contribution in [3.8, 4) is 28.3 Å². The normalized spacial score (nSPS) is 16.8. The lowest BCUT2D eigenvalue weighted by Gasteiger charge is -2.35. The Morgan fingerprint density at radius 1 is 1.00 bits per heavy atom. The van der Waals surface area contributed by atoms with E-state index in [0.29, 0.717) is 53.5 Å². The van der Waals surface area contributed by atoms with E-state index in [9.17, 15) is 5.11 Å². The molecule has 0 unspecified atom stereocenters. The zero-order valence-electron chi connectivity index (χ0n) is 25.2. The van der Waals surface area contributed by atoms with E-state index >= 15 is 0 Å². The molecule has 0 saturated carbocycles. The van der Waals surface area contributed by atoms with Gasteiger partial charge in [-0.3, -0.25) is 9.88 Å². The number of pyridine rings is 2. The summed E-state index contributed by atoms with van der Waals surface area (Å²) in [6.07, 6.45) is 1.99. The third-order valence-electron chi connectivity index (χ3n) is 8.13. The molecule has 0 radical (unpaired) electrons. The first-order valence-electron chi connectivity index (χ1n) is 14.6. The minimum atomic E-state index is -0.522. The Labute approximate surface area is 261 Å². The summed E-state index contributed by atoms with van der Waals surface area (Å²) in [6, 6.07) is 19.9. The number of fused-ring (bicyclic) bond motifs is 1. The molecular formula is C34H35ClN6O3. The maximum Gasteiger partial charge on any atom is 0.218 e. The minimum absolute atomic E-state index is 0.0149. The molecule has 1 aliphatic heterocycles. The summed E-state index contributed by atoms with van der Waals surface area (Å²) in [5, 5.41) is 14.5. The molecule has 2 aromatic carbocycles. The van der Waals surface area contributed by atoms with Crippen LogP contribution >= 0.6 is 11.6 Å². The Morgan fingerprint density at radius 3 is 2.61 bits per heavy atom. The van der Waals surface area contributed by atoms with Crippen molar-refractivity contribution in [2.75, 3.05) is 32.7 Å². The molecular weight excluding hydrogens is 576 g/mol. The molecule has 3 aromatic heterocycles. The number of hydrogen-bond acceptors (Lipinski definition) is 9. The van der Waals surface area contributed by atoms with Gasteiger partial charge in [0, 0.05) is 47.8 Å². The number of aliphatic hydroxyl groups is 1. The molecule has 2 N–H and O–H groups in total. The third kappa shape index (κ3) is 5.96. The zero-order chi connectivity index (χ0) is 30.8. The third-order valence-corrected chi connectivity index (χ3v) is 8.53. The average Bonchev–Trinajstić information content (AvgIpc) is 3.02. The highest BCUT2D eigenvalue weighted by molar-refractivity contribution is 6.36. The predicted octanol–water partition coefficient (Wildman–Crippen LogP) is 6.36.